The fourth-order valence-electron chi connectivity index (χ4n) is 4.04. The molecule has 4 fully saturated rings. The molecule has 0 aromatic carbocycles. The minimum absolute atomic E-state index is 0. The topological polar surface area (TPSA) is 114 Å². The molecule has 0 aromatic heterocycles. The maximum atomic E-state index is 10.7. The molecule has 4 heterocycles. The molecule has 0 saturated carbocycles. The molecule has 6 nitrogen and oxygen atoms in total. The van der Waals surface area contributed by atoms with Crippen LogP contribution in [0.1, 0.15) is 41.5 Å². The molecule has 2 bridgehead atoms. The summed E-state index contributed by atoms with van der Waals surface area (Å²) in [4.78, 5) is 0. The van der Waals surface area contributed by atoms with Crippen molar-refractivity contribution >= 4 is 77.3 Å². The van der Waals surface area contributed by atoms with E-state index >= 15 is 0 Å². The number of hydrogen-bond acceptors (Lipinski definition) is 6. The molecule has 0 radical (unpaired) electrons. The van der Waals surface area contributed by atoms with Crippen LogP contribution in [0.5, 0.6) is 0 Å². The van der Waals surface area contributed by atoms with Gasteiger partial charge in [-0.25, -0.2) is 16.8 Å². The maximum absolute atomic E-state index is 10.7. The molecule has 19 heteroatoms. The largest absolute Gasteiger partial charge is 1.00 e. The van der Waals surface area contributed by atoms with Crippen molar-refractivity contribution in [1.29, 1.82) is 0 Å². The van der Waals surface area contributed by atoms with Crippen molar-refractivity contribution in [1.82, 2.24) is 0 Å². The summed E-state index contributed by atoms with van der Waals surface area (Å²) >= 11 is 0. The molecule has 0 spiro atoms. The van der Waals surface area contributed by atoms with Crippen LogP contribution in [0.2, 0.25) is 0 Å². The Morgan fingerprint density at radius 2 is 0.824 bits per heavy atom. The van der Waals surface area contributed by atoms with Gasteiger partial charge >= 0.3 is 38.3 Å². The summed E-state index contributed by atoms with van der Waals surface area (Å²) in [6.07, 6.45) is 0. The Labute approximate surface area is 221 Å². The van der Waals surface area contributed by atoms with Crippen LogP contribution < -0.4 is 0 Å². The van der Waals surface area contributed by atoms with Crippen LogP contribution in [0, 0.1) is 10.8 Å². The molecule has 0 atom stereocenters. The molecule has 34 heavy (non-hydrogen) atoms. The van der Waals surface area contributed by atoms with Crippen LogP contribution in [0.4, 0.5) is 26.3 Å². The molecule has 4 aliphatic heterocycles. The van der Waals surface area contributed by atoms with Gasteiger partial charge in [-0.1, -0.05) is 41.5 Å². The Morgan fingerprint density at radius 1 is 0.647 bits per heavy atom. The monoisotopic (exact) mass is 810 g/mol. The standard InChI is InChI=1S/C13H27P4.2CHF3O3S.Tl/c1-10(2,3)12-14-13(15(12)14,11(4,5)6)16(12)17(7,8)9;2*2-1(3,4)8(5,6)7;/h1-9H3;2*(H,5,6,7);/q+1;;;+1/p-2. The second kappa shape index (κ2) is 9.60. The maximum Gasteiger partial charge on any atom is 1.00 e. The number of halogens is 6. The van der Waals surface area contributed by atoms with Crippen molar-refractivity contribution in [2.75, 3.05) is 20.0 Å². The van der Waals surface area contributed by atoms with Gasteiger partial charge in [0.2, 0.25) is 0 Å². The van der Waals surface area contributed by atoms with Gasteiger partial charge in [-0.2, -0.15) is 26.3 Å². The molecule has 0 amide bonds. The average Bonchev–Trinajstić information content (AvgIpc) is 3.15. The number of hydrogen-bond donors (Lipinski definition) is 0. The van der Waals surface area contributed by atoms with Crippen molar-refractivity contribution in [2.24, 2.45) is 10.8 Å². The summed E-state index contributed by atoms with van der Waals surface area (Å²) in [5.74, 6) is 0. The first-order valence-electron chi connectivity index (χ1n) is 9.13. The molecule has 0 aliphatic carbocycles. The van der Waals surface area contributed by atoms with E-state index in [1.807, 2.05) is 0 Å². The summed E-state index contributed by atoms with van der Waals surface area (Å²) in [6, 6.07) is 0. The fourth-order valence-corrected chi connectivity index (χ4v) is 54.9. The van der Waals surface area contributed by atoms with E-state index in [1.165, 1.54) is 0 Å². The third-order valence-corrected chi connectivity index (χ3v) is 34.6. The first-order valence-corrected chi connectivity index (χ1v) is 20.5. The first kappa shape index (κ1) is 36.0. The van der Waals surface area contributed by atoms with Crippen LogP contribution >= 0.6 is 29.8 Å². The fraction of sp³-hybridized carbons (Fsp3) is 1.00. The second-order valence-corrected chi connectivity index (χ2v) is 32.3. The zero-order chi connectivity index (χ0) is 27.2. The van der Waals surface area contributed by atoms with E-state index in [0.717, 1.165) is 9.28 Å². The third kappa shape index (κ3) is 5.80. The molecule has 4 saturated heterocycles. The molecule has 4 aliphatic rings. The van der Waals surface area contributed by atoms with Gasteiger partial charge in [-0.3, -0.25) is 0 Å². The molecular formula is C15H27F6O6P4S2Tl. The van der Waals surface area contributed by atoms with Crippen molar-refractivity contribution in [2.45, 2.75) is 61.8 Å². The normalized spacial score (nSPS) is 32.4. The summed E-state index contributed by atoms with van der Waals surface area (Å²) in [5.41, 5.74) is -10.0. The quantitative estimate of drug-likeness (QED) is 0.101. The van der Waals surface area contributed by atoms with Crippen LogP contribution in [0.3, 0.4) is 0 Å². The first-order chi connectivity index (χ1) is 13.9. The molecular weight excluding hydrogens is 783 g/mol. The van der Waals surface area contributed by atoms with Gasteiger partial charge in [0.15, 0.2) is 20.2 Å². The Hall–Kier alpha value is 2.04. The Balaban J connectivity index is 0.000000547. The predicted octanol–water partition coefficient (Wildman–Crippen LogP) is 6.33. The van der Waals surface area contributed by atoms with Gasteiger partial charge in [0.25, 0.3) is 0 Å². The minimum atomic E-state index is -6.09. The van der Waals surface area contributed by atoms with Gasteiger partial charge in [-0.15, -0.1) is 0 Å². The van der Waals surface area contributed by atoms with E-state index in [1.54, 1.807) is 0 Å². The summed E-state index contributed by atoms with van der Waals surface area (Å²) in [6.45, 7) is 22.5. The van der Waals surface area contributed by atoms with E-state index in [9.17, 15) is 26.3 Å². The Kier molecular flexibility index (Phi) is 10.2. The van der Waals surface area contributed by atoms with Crippen LogP contribution in [0.25, 0.3) is 0 Å². The van der Waals surface area contributed by atoms with Crippen LogP contribution in [-0.4, -0.2) is 93.5 Å². The SMILES string of the molecule is CC(C)(C)C12P3P1C3(C(C)(C)C)P2[P+](C)(C)C.O=S(=O)([O-])C(F)(F)F.O=S(=O)([O-])C(F)(F)F.[Tl+]. The van der Waals surface area contributed by atoms with Crippen molar-refractivity contribution < 1.29 is 52.3 Å². The summed E-state index contributed by atoms with van der Waals surface area (Å²) in [7, 11) is -10.8. The number of rotatable bonds is 1. The van der Waals surface area contributed by atoms with Gasteiger partial charge in [-0.05, 0) is 26.1 Å². The van der Waals surface area contributed by atoms with Gasteiger partial charge in [0.1, 0.15) is 0 Å². The summed E-state index contributed by atoms with van der Waals surface area (Å²) in [5, 5.41) is 0. The minimum Gasteiger partial charge on any atom is -0.741 e. The second-order valence-electron chi connectivity index (χ2n) is 10.4. The smallest absolute Gasteiger partial charge is 0.741 e. The van der Waals surface area contributed by atoms with Crippen LogP contribution in [0.15, 0.2) is 0 Å². The predicted molar refractivity (Wildman–Crippen MR) is 127 cm³/mol. The van der Waals surface area contributed by atoms with Gasteiger partial charge in [0, 0.05) is 6.95 Å². The van der Waals surface area contributed by atoms with Gasteiger partial charge in [0.05, 0.1) is 36.9 Å². The zero-order valence-corrected chi connectivity index (χ0v) is 29.6. The van der Waals surface area contributed by atoms with Crippen molar-refractivity contribution in [3.8, 4) is 0 Å². The van der Waals surface area contributed by atoms with Crippen molar-refractivity contribution in [3.63, 3.8) is 0 Å². The number of alkyl halides is 6. The van der Waals surface area contributed by atoms with E-state index in [-0.39, 0.29) is 27.3 Å². The van der Waals surface area contributed by atoms with E-state index in [0.29, 0.717) is 33.7 Å². The third-order valence-electron chi connectivity index (χ3n) is 5.07. The van der Waals surface area contributed by atoms with Gasteiger partial charge < -0.3 is 9.11 Å². The molecule has 4 rings (SSSR count). The van der Waals surface area contributed by atoms with E-state index in [2.05, 4.69) is 61.5 Å². The Bertz CT molecular complexity index is 915. The molecule has 0 unspecified atom stereocenters. The molecule has 200 valence electrons. The molecule has 0 N–H and O–H groups in total. The van der Waals surface area contributed by atoms with Crippen molar-refractivity contribution in [3.05, 3.63) is 0 Å². The zero-order valence-electron chi connectivity index (χ0n) is 19.9. The molecule has 0 aromatic rings. The Morgan fingerprint density at radius 3 is 0.912 bits per heavy atom. The summed E-state index contributed by atoms with van der Waals surface area (Å²) < 4.78 is 120. The average molecular weight is 810 g/mol. The van der Waals surface area contributed by atoms with E-state index in [4.69, 9.17) is 25.9 Å². The van der Waals surface area contributed by atoms with Crippen LogP contribution in [-0.2, 0) is 20.2 Å². The van der Waals surface area contributed by atoms with E-state index < -0.39 is 38.2 Å².